The molecule has 0 radical (unpaired) electrons. The second-order valence-corrected chi connectivity index (χ2v) is 8.54. The SMILES string of the molecule is CC(C)CCC(=O)N[C@H](CC(=O)O)C(=O)N1CCC[C@H]1C(=O)N[C@@H](C=O)CCCN=C(N)N. The van der Waals surface area contributed by atoms with Gasteiger partial charge in [0.15, 0.2) is 5.96 Å². The summed E-state index contributed by atoms with van der Waals surface area (Å²) >= 11 is 0. The number of aliphatic imine (C=N–C) groups is 1. The fraction of sp³-hybridized carbons (Fsp3) is 0.714. The van der Waals surface area contributed by atoms with Gasteiger partial charge in [0, 0.05) is 19.5 Å². The Morgan fingerprint density at radius 1 is 1.18 bits per heavy atom. The van der Waals surface area contributed by atoms with Gasteiger partial charge in [-0.1, -0.05) is 13.8 Å². The van der Waals surface area contributed by atoms with Gasteiger partial charge in [-0.25, -0.2) is 0 Å². The minimum atomic E-state index is -1.27. The number of hydrogen-bond acceptors (Lipinski definition) is 6. The highest BCUT2D eigenvalue weighted by Crippen LogP contribution is 2.20. The van der Waals surface area contributed by atoms with E-state index in [1.54, 1.807) is 0 Å². The maximum absolute atomic E-state index is 13.1. The molecule has 0 spiro atoms. The number of nitrogens with zero attached hydrogens (tertiary/aromatic N) is 2. The quantitative estimate of drug-likeness (QED) is 0.0936. The molecule has 1 heterocycles. The summed E-state index contributed by atoms with van der Waals surface area (Å²) in [7, 11) is 0. The molecule has 0 saturated carbocycles. The van der Waals surface area contributed by atoms with Gasteiger partial charge in [-0.2, -0.15) is 0 Å². The molecule has 0 aromatic heterocycles. The van der Waals surface area contributed by atoms with Crippen LogP contribution in [-0.2, 0) is 24.0 Å². The molecule has 0 unspecified atom stereocenters. The monoisotopic (exact) mass is 468 g/mol. The summed E-state index contributed by atoms with van der Waals surface area (Å²) in [6, 6.07) is -2.88. The van der Waals surface area contributed by atoms with Crippen LogP contribution < -0.4 is 22.1 Å². The van der Waals surface area contributed by atoms with Crippen molar-refractivity contribution in [1.82, 2.24) is 15.5 Å². The van der Waals surface area contributed by atoms with Crippen molar-refractivity contribution in [2.24, 2.45) is 22.4 Å². The van der Waals surface area contributed by atoms with E-state index in [1.807, 2.05) is 13.8 Å². The van der Waals surface area contributed by atoms with Gasteiger partial charge in [-0.15, -0.1) is 0 Å². The first-order valence-electron chi connectivity index (χ1n) is 11.2. The average molecular weight is 469 g/mol. The summed E-state index contributed by atoms with van der Waals surface area (Å²) in [4.78, 5) is 65.8. The standard InChI is InChI=1S/C21H36N6O6/c1-13(2)7-8-17(29)26-15(11-18(30)31)20(33)27-10-4-6-16(27)19(32)25-14(12-28)5-3-9-24-21(22)23/h12-16H,3-11H2,1-2H3,(H,25,32)(H,26,29)(H,30,31)(H4,22,23,24)/t14-,15-,16+/m1/s1. The van der Waals surface area contributed by atoms with Gasteiger partial charge >= 0.3 is 5.97 Å². The number of carboxylic acids is 1. The minimum absolute atomic E-state index is 0.0611. The maximum Gasteiger partial charge on any atom is 0.305 e. The summed E-state index contributed by atoms with van der Waals surface area (Å²) in [6.45, 7) is 4.47. The predicted molar refractivity (Wildman–Crippen MR) is 121 cm³/mol. The van der Waals surface area contributed by atoms with E-state index in [2.05, 4.69) is 15.6 Å². The molecule has 7 N–H and O–H groups in total. The van der Waals surface area contributed by atoms with E-state index < -0.39 is 48.2 Å². The normalized spacial score (nSPS) is 17.2. The summed E-state index contributed by atoms with van der Waals surface area (Å²) in [5, 5.41) is 14.3. The first kappa shape index (κ1) is 27.9. The zero-order valence-electron chi connectivity index (χ0n) is 19.3. The molecule has 12 heteroatoms. The van der Waals surface area contributed by atoms with E-state index in [-0.39, 0.29) is 24.8 Å². The third-order valence-electron chi connectivity index (χ3n) is 5.26. The van der Waals surface area contributed by atoms with Crippen molar-refractivity contribution in [3.05, 3.63) is 0 Å². The van der Waals surface area contributed by atoms with Crippen molar-refractivity contribution in [2.75, 3.05) is 13.1 Å². The molecule has 0 aliphatic carbocycles. The van der Waals surface area contributed by atoms with Crippen molar-refractivity contribution >= 4 is 35.9 Å². The van der Waals surface area contributed by atoms with Gasteiger partial charge in [0.05, 0.1) is 12.5 Å². The molecule has 0 bridgehead atoms. The van der Waals surface area contributed by atoms with Gasteiger partial charge in [0.1, 0.15) is 18.4 Å². The third kappa shape index (κ3) is 10.3. The number of amides is 3. The molecule has 1 saturated heterocycles. The summed E-state index contributed by atoms with van der Waals surface area (Å²) in [5.41, 5.74) is 10.5. The molecule has 0 aromatic carbocycles. The number of nitrogens with two attached hydrogens (primary N) is 2. The lowest BCUT2D eigenvalue weighted by Crippen LogP contribution is -2.55. The Morgan fingerprint density at radius 2 is 1.88 bits per heavy atom. The van der Waals surface area contributed by atoms with Gasteiger partial charge in [0.2, 0.25) is 17.7 Å². The first-order chi connectivity index (χ1) is 15.5. The number of aldehydes is 1. The number of carbonyl (C=O) groups is 5. The average Bonchev–Trinajstić information content (AvgIpc) is 3.22. The fourth-order valence-corrected chi connectivity index (χ4v) is 3.54. The van der Waals surface area contributed by atoms with E-state index in [4.69, 9.17) is 11.5 Å². The molecule has 3 atom stereocenters. The lowest BCUT2D eigenvalue weighted by molar-refractivity contribution is -0.146. The van der Waals surface area contributed by atoms with Crippen molar-refractivity contribution in [1.29, 1.82) is 0 Å². The lowest BCUT2D eigenvalue weighted by Gasteiger charge is -2.29. The predicted octanol–water partition coefficient (Wildman–Crippen LogP) is -0.890. The molecule has 1 rings (SSSR count). The van der Waals surface area contributed by atoms with Crippen molar-refractivity contribution in [3.63, 3.8) is 0 Å². The maximum atomic E-state index is 13.1. The summed E-state index contributed by atoms with van der Waals surface area (Å²) in [6.07, 6.45) is 2.50. The van der Waals surface area contributed by atoms with Crippen LogP contribution in [0.25, 0.3) is 0 Å². The van der Waals surface area contributed by atoms with Crippen LogP contribution in [0, 0.1) is 5.92 Å². The molecular formula is C21H36N6O6. The molecule has 1 aliphatic heterocycles. The number of hydrogen-bond donors (Lipinski definition) is 5. The molecule has 186 valence electrons. The lowest BCUT2D eigenvalue weighted by atomic mass is 10.1. The highest BCUT2D eigenvalue weighted by Gasteiger charge is 2.38. The Hall–Kier alpha value is -3.18. The van der Waals surface area contributed by atoms with E-state index in [1.165, 1.54) is 4.90 Å². The van der Waals surface area contributed by atoms with Gasteiger partial charge in [0.25, 0.3) is 0 Å². The highest BCUT2D eigenvalue weighted by atomic mass is 16.4. The van der Waals surface area contributed by atoms with E-state index in [0.717, 1.165) is 0 Å². The number of carbonyl (C=O) groups excluding carboxylic acids is 4. The zero-order chi connectivity index (χ0) is 25.0. The second kappa shape index (κ2) is 14.1. The second-order valence-electron chi connectivity index (χ2n) is 8.54. The van der Waals surface area contributed by atoms with E-state index >= 15 is 0 Å². The van der Waals surface area contributed by atoms with Gasteiger partial charge in [-0.05, 0) is 38.0 Å². The van der Waals surface area contributed by atoms with Crippen molar-refractivity contribution in [3.8, 4) is 0 Å². The number of guanidine groups is 1. The van der Waals surface area contributed by atoms with Crippen LogP contribution in [0.2, 0.25) is 0 Å². The van der Waals surface area contributed by atoms with Crippen LogP contribution in [0.15, 0.2) is 4.99 Å². The third-order valence-corrected chi connectivity index (χ3v) is 5.26. The molecule has 1 aliphatic rings. The van der Waals surface area contributed by atoms with Crippen LogP contribution in [0.1, 0.15) is 58.8 Å². The topological polar surface area (TPSA) is 197 Å². The number of nitrogens with one attached hydrogen (secondary N) is 2. The Morgan fingerprint density at radius 3 is 2.45 bits per heavy atom. The molecule has 33 heavy (non-hydrogen) atoms. The van der Waals surface area contributed by atoms with Gasteiger partial charge < -0.3 is 36.9 Å². The number of likely N-dealkylation sites (tertiary alicyclic amines) is 1. The van der Waals surface area contributed by atoms with Crippen molar-refractivity contribution in [2.45, 2.75) is 76.9 Å². The van der Waals surface area contributed by atoms with Crippen LogP contribution in [0.3, 0.4) is 0 Å². The van der Waals surface area contributed by atoms with Crippen LogP contribution >= 0.6 is 0 Å². The van der Waals surface area contributed by atoms with Crippen LogP contribution in [0.5, 0.6) is 0 Å². The molecule has 1 fully saturated rings. The van der Waals surface area contributed by atoms with E-state index in [9.17, 15) is 29.1 Å². The number of rotatable bonds is 14. The molecule has 0 aromatic rings. The van der Waals surface area contributed by atoms with Crippen molar-refractivity contribution < 1.29 is 29.1 Å². The number of aliphatic carboxylic acids is 1. The smallest absolute Gasteiger partial charge is 0.305 e. The summed E-state index contributed by atoms with van der Waals surface area (Å²) < 4.78 is 0. The first-order valence-corrected chi connectivity index (χ1v) is 11.2. The minimum Gasteiger partial charge on any atom is -0.481 e. The van der Waals surface area contributed by atoms with Crippen LogP contribution in [0.4, 0.5) is 0 Å². The fourth-order valence-electron chi connectivity index (χ4n) is 3.54. The molecule has 12 nitrogen and oxygen atoms in total. The Bertz CT molecular complexity index is 737. The Labute approximate surface area is 193 Å². The molecular weight excluding hydrogens is 432 g/mol. The van der Waals surface area contributed by atoms with E-state index in [0.29, 0.717) is 44.9 Å². The largest absolute Gasteiger partial charge is 0.481 e. The summed E-state index contributed by atoms with van der Waals surface area (Å²) in [5.74, 6) is -2.55. The number of carboxylic acid groups (broad SMARTS) is 1. The molecule has 3 amide bonds. The van der Waals surface area contributed by atoms with Crippen LogP contribution in [-0.4, -0.2) is 77.2 Å². The van der Waals surface area contributed by atoms with Gasteiger partial charge in [-0.3, -0.25) is 24.2 Å². The Kier molecular flexibility index (Phi) is 11.9. The zero-order valence-corrected chi connectivity index (χ0v) is 19.3. The highest BCUT2D eigenvalue weighted by molar-refractivity contribution is 5.95. The Balaban J connectivity index is 2.78.